The molecule has 1 saturated heterocycles. The first kappa shape index (κ1) is 21.8. The van der Waals surface area contributed by atoms with Gasteiger partial charge in [0, 0.05) is 44.1 Å². The Kier molecular flexibility index (Phi) is 6.89. The lowest BCUT2D eigenvalue weighted by Gasteiger charge is -2.32. The Morgan fingerprint density at radius 1 is 1.16 bits per heavy atom. The molecule has 168 valence electrons. The number of fused-ring (bicyclic) bond motifs is 3. The van der Waals surface area contributed by atoms with Crippen LogP contribution in [0.4, 0.5) is 0 Å². The van der Waals surface area contributed by atoms with Crippen molar-refractivity contribution >= 4 is 16.9 Å². The van der Waals surface area contributed by atoms with Gasteiger partial charge in [0.25, 0.3) is 0 Å². The number of hydrogen-bond donors (Lipinski definition) is 0. The average Bonchev–Trinajstić information content (AvgIpc) is 2.78. The number of methoxy groups -OCH3 is 1. The third-order valence-electron chi connectivity index (χ3n) is 6.02. The lowest BCUT2D eigenvalue weighted by Crippen LogP contribution is -2.39. The summed E-state index contributed by atoms with van der Waals surface area (Å²) in [6.45, 7) is 8.52. The molecule has 1 aromatic heterocycles. The number of nitrogens with zero attached hydrogens (tertiary/aromatic N) is 2. The first-order valence-electron chi connectivity index (χ1n) is 10.9. The van der Waals surface area contributed by atoms with Gasteiger partial charge >= 0.3 is 11.6 Å². The van der Waals surface area contributed by atoms with Gasteiger partial charge in [0.15, 0.2) is 0 Å². The fourth-order valence-electron chi connectivity index (χ4n) is 4.32. The summed E-state index contributed by atoms with van der Waals surface area (Å²) in [7, 11) is 1.39. The van der Waals surface area contributed by atoms with Crippen LogP contribution in [-0.4, -0.2) is 69.0 Å². The van der Waals surface area contributed by atoms with E-state index in [-0.39, 0.29) is 18.0 Å². The van der Waals surface area contributed by atoms with E-state index in [0.29, 0.717) is 25.3 Å². The highest BCUT2D eigenvalue weighted by Gasteiger charge is 2.25. The number of esters is 1. The molecule has 0 atom stereocenters. The van der Waals surface area contributed by atoms with Crippen molar-refractivity contribution in [1.29, 1.82) is 0 Å². The molecule has 2 aliphatic rings. The molecule has 8 nitrogen and oxygen atoms in total. The second-order valence-corrected chi connectivity index (χ2v) is 8.18. The summed E-state index contributed by atoms with van der Waals surface area (Å²) in [5, 5.41) is 0.886. The number of carbonyl (C=O) groups excluding carboxylic acids is 1. The van der Waals surface area contributed by atoms with Crippen molar-refractivity contribution in [2.24, 2.45) is 0 Å². The monoisotopic (exact) mass is 430 g/mol. The van der Waals surface area contributed by atoms with E-state index >= 15 is 0 Å². The van der Waals surface area contributed by atoms with E-state index in [1.54, 1.807) is 0 Å². The molecule has 0 N–H and O–H groups in total. The van der Waals surface area contributed by atoms with Gasteiger partial charge in [-0.3, -0.25) is 14.6 Å². The Bertz CT molecular complexity index is 996. The molecule has 0 amide bonds. The van der Waals surface area contributed by atoms with Crippen LogP contribution in [0.5, 0.6) is 5.75 Å². The van der Waals surface area contributed by atoms with Gasteiger partial charge < -0.3 is 18.6 Å². The van der Waals surface area contributed by atoms with Crippen LogP contribution in [0.25, 0.3) is 11.0 Å². The number of carbonyl (C=O) groups is 1. The largest absolute Gasteiger partial charge is 0.477 e. The number of rotatable bonds is 7. The molecule has 0 unspecified atom stereocenters. The minimum Gasteiger partial charge on any atom is -0.477 e. The predicted octanol–water partition coefficient (Wildman–Crippen LogP) is 2.08. The lowest BCUT2D eigenvalue weighted by atomic mass is 9.97. The zero-order valence-electron chi connectivity index (χ0n) is 18.3. The SMILES string of the molecule is COC(=O)CCc1cc2c(C)cc(=O)oc2c2c1OCN(CCCN1CCOCC1)C2. The number of hydrogen-bond acceptors (Lipinski definition) is 8. The second-order valence-electron chi connectivity index (χ2n) is 8.18. The summed E-state index contributed by atoms with van der Waals surface area (Å²) in [6.07, 6.45) is 1.82. The second kappa shape index (κ2) is 9.80. The maximum atomic E-state index is 12.1. The maximum absolute atomic E-state index is 12.1. The van der Waals surface area contributed by atoms with Crippen LogP contribution in [0.3, 0.4) is 0 Å². The van der Waals surface area contributed by atoms with Crippen LogP contribution in [0.1, 0.15) is 29.5 Å². The summed E-state index contributed by atoms with van der Waals surface area (Å²) in [5.41, 5.74) is 2.91. The maximum Gasteiger partial charge on any atom is 0.336 e. The molecule has 0 saturated carbocycles. The number of ether oxygens (including phenoxy) is 3. The molecule has 8 heteroatoms. The van der Waals surface area contributed by atoms with Crippen LogP contribution in [0.15, 0.2) is 21.3 Å². The smallest absolute Gasteiger partial charge is 0.336 e. The number of morpholine rings is 1. The Morgan fingerprint density at radius 3 is 2.71 bits per heavy atom. The summed E-state index contributed by atoms with van der Waals surface area (Å²) < 4.78 is 22.0. The number of benzene rings is 1. The van der Waals surface area contributed by atoms with Gasteiger partial charge in [-0.25, -0.2) is 4.79 Å². The van der Waals surface area contributed by atoms with Crippen molar-refractivity contribution in [3.63, 3.8) is 0 Å². The fraction of sp³-hybridized carbons (Fsp3) is 0.565. The van der Waals surface area contributed by atoms with Gasteiger partial charge in [0.2, 0.25) is 0 Å². The zero-order valence-corrected chi connectivity index (χ0v) is 18.3. The third kappa shape index (κ3) is 5.08. The Balaban J connectivity index is 1.55. The molecule has 0 radical (unpaired) electrons. The molecule has 2 aliphatic heterocycles. The summed E-state index contributed by atoms with van der Waals surface area (Å²) in [6, 6.07) is 3.48. The van der Waals surface area contributed by atoms with Crippen LogP contribution in [0.2, 0.25) is 0 Å². The van der Waals surface area contributed by atoms with E-state index in [2.05, 4.69) is 9.80 Å². The Morgan fingerprint density at radius 2 is 1.94 bits per heavy atom. The zero-order chi connectivity index (χ0) is 21.8. The molecular formula is C23H30N2O6. The van der Waals surface area contributed by atoms with Crippen molar-refractivity contribution in [3.05, 3.63) is 39.2 Å². The standard InChI is InChI=1S/C23H30N2O6/c1-16-12-21(27)31-23-18(16)13-17(4-5-20(26)28-2)22-19(23)14-25(15-30-22)7-3-6-24-8-10-29-11-9-24/h12-13H,3-11,14-15H2,1-2H3. The molecular weight excluding hydrogens is 400 g/mol. The molecule has 1 aromatic carbocycles. The highest BCUT2D eigenvalue weighted by Crippen LogP contribution is 2.37. The van der Waals surface area contributed by atoms with Crippen molar-refractivity contribution in [1.82, 2.24) is 9.80 Å². The van der Waals surface area contributed by atoms with Gasteiger partial charge in [-0.2, -0.15) is 0 Å². The van der Waals surface area contributed by atoms with E-state index < -0.39 is 0 Å². The molecule has 2 aromatic rings. The van der Waals surface area contributed by atoms with Crippen LogP contribution >= 0.6 is 0 Å². The average molecular weight is 431 g/mol. The van der Waals surface area contributed by atoms with E-state index in [4.69, 9.17) is 18.6 Å². The normalized spacial score (nSPS) is 17.4. The van der Waals surface area contributed by atoms with Crippen molar-refractivity contribution in [2.75, 3.05) is 53.2 Å². The van der Waals surface area contributed by atoms with E-state index in [1.165, 1.54) is 13.2 Å². The highest BCUT2D eigenvalue weighted by atomic mass is 16.5. The van der Waals surface area contributed by atoms with Crippen LogP contribution < -0.4 is 10.4 Å². The molecule has 0 bridgehead atoms. The van der Waals surface area contributed by atoms with E-state index in [0.717, 1.165) is 73.6 Å². The first-order chi connectivity index (χ1) is 15.0. The molecule has 1 fully saturated rings. The van der Waals surface area contributed by atoms with Crippen molar-refractivity contribution in [3.8, 4) is 5.75 Å². The quantitative estimate of drug-likeness (QED) is 0.488. The summed E-state index contributed by atoms with van der Waals surface area (Å²) in [5.74, 6) is 0.472. The van der Waals surface area contributed by atoms with E-state index in [1.807, 2.05) is 13.0 Å². The Labute approximate surface area is 181 Å². The predicted molar refractivity (Wildman–Crippen MR) is 115 cm³/mol. The van der Waals surface area contributed by atoms with Crippen LogP contribution in [-0.2, 0) is 27.2 Å². The van der Waals surface area contributed by atoms with Crippen molar-refractivity contribution < 1.29 is 23.4 Å². The molecule has 3 heterocycles. The molecule has 31 heavy (non-hydrogen) atoms. The van der Waals surface area contributed by atoms with Gasteiger partial charge in [0.05, 0.1) is 25.9 Å². The highest BCUT2D eigenvalue weighted by molar-refractivity contribution is 5.86. The van der Waals surface area contributed by atoms with Gasteiger partial charge in [0.1, 0.15) is 18.1 Å². The van der Waals surface area contributed by atoms with Gasteiger partial charge in [-0.05, 0) is 43.5 Å². The minimum absolute atomic E-state index is 0.259. The molecule has 0 spiro atoms. The number of aryl methyl sites for hydroxylation is 2. The molecule has 0 aliphatic carbocycles. The van der Waals surface area contributed by atoms with Gasteiger partial charge in [-0.1, -0.05) is 0 Å². The van der Waals surface area contributed by atoms with E-state index in [9.17, 15) is 9.59 Å². The van der Waals surface area contributed by atoms with Crippen molar-refractivity contribution in [2.45, 2.75) is 32.7 Å². The molecule has 4 rings (SSSR count). The van der Waals surface area contributed by atoms with Crippen LogP contribution in [0, 0.1) is 6.92 Å². The topological polar surface area (TPSA) is 81.5 Å². The Hall–Kier alpha value is -2.42. The summed E-state index contributed by atoms with van der Waals surface area (Å²) >= 11 is 0. The summed E-state index contributed by atoms with van der Waals surface area (Å²) in [4.78, 5) is 28.4. The fourth-order valence-corrected chi connectivity index (χ4v) is 4.32. The first-order valence-corrected chi connectivity index (χ1v) is 10.9. The minimum atomic E-state index is -0.362. The third-order valence-corrected chi connectivity index (χ3v) is 6.02. The van der Waals surface area contributed by atoms with Gasteiger partial charge in [-0.15, -0.1) is 0 Å². The lowest BCUT2D eigenvalue weighted by molar-refractivity contribution is -0.140.